The number of para-hydroxylation sites is 1. The first-order chi connectivity index (χ1) is 15.3. The molecular formula is C26H29N3OSe. The van der Waals surface area contributed by atoms with Crippen molar-refractivity contribution >= 4 is 41.0 Å². The van der Waals surface area contributed by atoms with E-state index in [1.165, 1.54) is 52.3 Å². The summed E-state index contributed by atoms with van der Waals surface area (Å²) >= 11 is 0.163. The van der Waals surface area contributed by atoms with Crippen molar-refractivity contribution < 1.29 is 0 Å². The van der Waals surface area contributed by atoms with Crippen LogP contribution in [0.5, 0.6) is 0 Å². The molecule has 2 aromatic carbocycles. The van der Waals surface area contributed by atoms with Crippen LogP contribution in [0.3, 0.4) is 0 Å². The molecule has 0 radical (unpaired) electrons. The summed E-state index contributed by atoms with van der Waals surface area (Å²) in [5.74, 6) is 0. The molecule has 0 fully saturated rings. The first kappa shape index (κ1) is 20.5. The molecule has 0 amide bonds. The van der Waals surface area contributed by atoms with Crippen LogP contribution in [0.2, 0.25) is 0 Å². The number of aromatic nitrogens is 2. The Bertz CT molecular complexity index is 1260. The molecule has 31 heavy (non-hydrogen) atoms. The number of hydrogen-bond donors (Lipinski definition) is 1. The molecule has 1 aliphatic carbocycles. The summed E-state index contributed by atoms with van der Waals surface area (Å²) in [6, 6.07) is 16.6. The topological polar surface area (TPSA) is 46.9 Å². The van der Waals surface area contributed by atoms with Crippen LogP contribution in [0.25, 0.3) is 20.5 Å². The Morgan fingerprint density at radius 2 is 1.68 bits per heavy atom. The van der Waals surface area contributed by atoms with Gasteiger partial charge in [0.05, 0.1) is 0 Å². The van der Waals surface area contributed by atoms with Gasteiger partial charge in [0.2, 0.25) is 0 Å². The molecule has 4 aromatic rings. The predicted octanol–water partition coefficient (Wildman–Crippen LogP) is 5.16. The molecule has 2 aromatic heterocycles. The van der Waals surface area contributed by atoms with Crippen molar-refractivity contribution in [2.24, 2.45) is 0 Å². The number of pyridine rings is 1. The van der Waals surface area contributed by atoms with Crippen molar-refractivity contribution in [1.29, 1.82) is 0 Å². The number of fused-ring (bicyclic) bond motifs is 3. The van der Waals surface area contributed by atoms with E-state index >= 15 is 0 Å². The van der Waals surface area contributed by atoms with Gasteiger partial charge in [-0.1, -0.05) is 6.07 Å². The molecule has 160 valence electrons. The first-order valence-electron chi connectivity index (χ1n) is 11.5. The Morgan fingerprint density at radius 1 is 0.903 bits per heavy atom. The molecule has 1 aliphatic rings. The van der Waals surface area contributed by atoms with Gasteiger partial charge in [-0.25, -0.2) is 0 Å². The van der Waals surface area contributed by atoms with Gasteiger partial charge in [-0.05, 0) is 6.42 Å². The molecule has 0 saturated heterocycles. The molecule has 1 N–H and O–H groups in total. The van der Waals surface area contributed by atoms with E-state index in [9.17, 15) is 4.79 Å². The number of unbranched alkanes of at least 4 members (excludes halogenated alkanes) is 3. The van der Waals surface area contributed by atoms with Crippen LogP contribution < -0.4 is 10.9 Å². The van der Waals surface area contributed by atoms with Gasteiger partial charge in [-0.15, -0.1) is 0 Å². The van der Waals surface area contributed by atoms with Gasteiger partial charge >= 0.3 is 177 Å². The molecule has 0 unspecified atom stereocenters. The molecule has 5 heteroatoms. The fourth-order valence-electron chi connectivity index (χ4n) is 4.69. The van der Waals surface area contributed by atoms with E-state index in [2.05, 4.69) is 39.2 Å². The maximum atomic E-state index is 12.5. The van der Waals surface area contributed by atoms with Gasteiger partial charge < -0.3 is 0 Å². The van der Waals surface area contributed by atoms with E-state index in [1.807, 2.05) is 18.2 Å². The van der Waals surface area contributed by atoms with E-state index in [4.69, 9.17) is 4.98 Å². The maximum absolute atomic E-state index is 12.5. The molecule has 2 heterocycles. The summed E-state index contributed by atoms with van der Waals surface area (Å²) in [5, 5.41) is 5.94. The Hall–Kier alpha value is -2.36. The average Bonchev–Trinajstić information content (AvgIpc) is 3.13. The second-order valence-electron chi connectivity index (χ2n) is 8.47. The number of hydrogen-bond acceptors (Lipinski definition) is 3. The Morgan fingerprint density at radius 3 is 2.58 bits per heavy atom. The van der Waals surface area contributed by atoms with Crippen LogP contribution in [0.15, 0.2) is 53.3 Å². The van der Waals surface area contributed by atoms with Crippen molar-refractivity contribution in [3.05, 3.63) is 70.1 Å². The van der Waals surface area contributed by atoms with Crippen molar-refractivity contribution in [3.8, 4) is 0 Å². The van der Waals surface area contributed by atoms with Gasteiger partial charge in [0.1, 0.15) is 0 Å². The number of anilines is 1. The monoisotopic (exact) mass is 479 g/mol. The van der Waals surface area contributed by atoms with E-state index in [0.717, 1.165) is 49.7 Å². The third-order valence-corrected chi connectivity index (χ3v) is 8.66. The molecule has 0 spiro atoms. The van der Waals surface area contributed by atoms with Gasteiger partial charge in [0, 0.05) is 0 Å². The number of benzene rings is 2. The molecule has 4 nitrogen and oxygen atoms in total. The van der Waals surface area contributed by atoms with Crippen LogP contribution in [-0.4, -0.2) is 29.8 Å². The fraction of sp³-hybridized carbons (Fsp3) is 0.385. The summed E-state index contributed by atoms with van der Waals surface area (Å²) in [7, 11) is 0. The fourth-order valence-corrected chi connectivity index (χ4v) is 6.85. The van der Waals surface area contributed by atoms with Crippen molar-refractivity contribution in [3.63, 3.8) is 0 Å². The zero-order valence-corrected chi connectivity index (χ0v) is 19.6. The van der Waals surface area contributed by atoms with E-state index in [0.29, 0.717) is 0 Å². The standard InChI is InChI=1S/C26H29N3OSe/c30-26-21-13-5-8-16-24(21)31-29(26)18-10-2-1-9-17-27-25-19-11-3-6-14-22(19)28-23-15-7-4-12-20(23)25/h3,5-6,8,11,13-14,16H,1-2,4,7,9-10,12,15,17-18H2,(H,27,28). The summed E-state index contributed by atoms with van der Waals surface area (Å²) < 4.78 is 3.29. The van der Waals surface area contributed by atoms with Crippen molar-refractivity contribution in [2.75, 3.05) is 11.9 Å². The van der Waals surface area contributed by atoms with Crippen LogP contribution in [0.1, 0.15) is 49.8 Å². The summed E-state index contributed by atoms with van der Waals surface area (Å²) in [6.07, 6.45) is 9.39. The first-order valence-corrected chi connectivity index (χ1v) is 13.2. The van der Waals surface area contributed by atoms with Gasteiger partial charge in [0.15, 0.2) is 0 Å². The zero-order chi connectivity index (χ0) is 21.0. The molecule has 0 atom stereocenters. The number of rotatable bonds is 8. The van der Waals surface area contributed by atoms with E-state index < -0.39 is 0 Å². The van der Waals surface area contributed by atoms with Crippen molar-refractivity contribution in [1.82, 2.24) is 8.55 Å². The third kappa shape index (κ3) is 4.35. The average molecular weight is 478 g/mol. The van der Waals surface area contributed by atoms with Gasteiger partial charge in [0.25, 0.3) is 0 Å². The minimum absolute atomic E-state index is 0.163. The quantitative estimate of drug-likeness (QED) is 0.281. The van der Waals surface area contributed by atoms with Crippen LogP contribution >= 0.6 is 0 Å². The number of nitrogens with zero attached hydrogens (tertiary/aromatic N) is 2. The SMILES string of the molecule is O=c1c2ccccc2[se]n1CCCCCCNc1c2c(nc3ccccc13)CCCC2. The molecule has 5 rings (SSSR count). The second kappa shape index (κ2) is 9.42. The normalized spacial score (nSPS) is 13.5. The Labute approximate surface area is 189 Å². The van der Waals surface area contributed by atoms with Gasteiger partial charge in [-0.3, -0.25) is 0 Å². The molecule has 0 bridgehead atoms. The minimum atomic E-state index is 0.163. The zero-order valence-electron chi connectivity index (χ0n) is 17.9. The van der Waals surface area contributed by atoms with Crippen LogP contribution in [0.4, 0.5) is 5.69 Å². The molecule has 0 aliphatic heterocycles. The molecule has 0 saturated carbocycles. The van der Waals surface area contributed by atoms with Gasteiger partial charge in [-0.2, -0.15) is 0 Å². The van der Waals surface area contributed by atoms with Crippen LogP contribution in [0, 0.1) is 0 Å². The summed E-state index contributed by atoms with van der Waals surface area (Å²) in [5.41, 5.74) is 5.41. The van der Waals surface area contributed by atoms with E-state index in [1.54, 1.807) is 0 Å². The second-order valence-corrected chi connectivity index (χ2v) is 10.7. The Kier molecular flexibility index (Phi) is 6.24. The number of nitrogens with one attached hydrogen (secondary N) is 1. The van der Waals surface area contributed by atoms with Crippen molar-refractivity contribution in [2.45, 2.75) is 57.9 Å². The molecular weight excluding hydrogens is 449 g/mol. The Balaban J connectivity index is 1.15. The summed E-state index contributed by atoms with van der Waals surface area (Å²) in [4.78, 5) is 17.4. The summed E-state index contributed by atoms with van der Waals surface area (Å²) in [6.45, 7) is 1.89. The van der Waals surface area contributed by atoms with Crippen LogP contribution in [-0.2, 0) is 19.4 Å². The predicted molar refractivity (Wildman–Crippen MR) is 130 cm³/mol. The van der Waals surface area contributed by atoms with E-state index in [-0.39, 0.29) is 20.3 Å². The number of aryl methyl sites for hydroxylation is 2. The third-order valence-electron chi connectivity index (χ3n) is 6.31.